The summed E-state index contributed by atoms with van der Waals surface area (Å²) in [6, 6.07) is 3.13. The molecule has 1 N–H and O–H groups in total. The molecule has 0 aromatic carbocycles. The van der Waals surface area contributed by atoms with Crippen LogP contribution in [0.15, 0.2) is 18.3 Å². The molecule has 6 nitrogen and oxygen atoms in total. The van der Waals surface area contributed by atoms with Crippen LogP contribution in [0.1, 0.15) is 30.3 Å². The van der Waals surface area contributed by atoms with Crippen molar-refractivity contribution in [1.82, 2.24) is 9.47 Å². The van der Waals surface area contributed by atoms with E-state index in [0.29, 0.717) is 19.7 Å². The molecule has 1 aliphatic rings. The molecule has 1 fully saturated rings. The van der Waals surface area contributed by atoms with Gasteiger partial charge in [-0.05, 0) is 31.9 Å². The van der Waals surface area contributed by atoms with Crippen LogP contribution in [-0.4, -0.2) is 52.3 Å². The summed E-state index contributed by atoms with van der Waals surface area (Å²) in [6.07, 6.45) is 3.55. The molecule has 0 unspecified atom stereocenters. The molecule has 2 rings (SSSR count). The zero-order valence-electron chi connectivity index (χ0n) is 11.6. The first-order valence-electron chi connectivity index (χ1n) is 6.89. The smallest absolute Gasteiger partial charge is 0.352 e. The summed E-state index contributed by atoms with van der Waals surface area (Å²) < 4.78 is 7.02. The first-order valence-corrected chi connectivity index (χ1v) is 6.89. The number of carboxylic acid groups (broad SMARTS) is 1. The number of rotatable bonds is 5. The average Bonchev–Trinajstić information content (AvgIpc) is 2.88. The van der Waals surface area contributed by atoms with Crippen LogP contribution in [0.2, 0.25) is 0 Å². The van der Waals surface area contributed by atoms with Crippen LogP contribution < -0.4 is 0 Å². The van der Waals surface area contributed by atoms with Gasteiger partial charge in [0.05, 0.1) is 6.10 Å². The predicted octanol–water partition coefficient (Wildman–Crippen LogP) is 1.21. The van der Waals surface area contributed by atoms with Crippen molar-refractivity contribution in [2.45, 2.75) is 32.4 Å². The van der Waals surface area contributed by atoms with E-state index in [1.54, 1.807) is 17.2 Å². The number of nitrogens with zero attached hydrogens (tertiary/aromatic N) is 2. The number of carbonyl (C=O) groups excluding carboxylic acids is 1. The molecule has 20 heavy (non-hydrogen) atoms. The lowest BCUT2D eigenvalue weighted by Crippen LogP contribution is -2.42. The van der Waals surface area contributed by atoms with Gasteiger partial charge in [0, 0.05) is 25.9 Å². The van der Waals surface area contributed by atoms with Crippen molar-refractivity contribution < 1.29 is 19.4 Å². The van der Waals surface area contributed by atoms with E-state index >= 15 is 0 Å². The van der Waals surface area contributed by atoms with E-state index in [-0.39, 0.29) is 24.2 Å². The monoisotopic (exact) mass is 280 g/mol. The van der Waals surface area contributed by atoms with Crippen molar-refractivity contribution in [3.8, 4) is 0 Å². The summed E-state index contributed by atoms with van der Waals surface area (Å²) in [6.45, 7) is 4.09. The van der Waals surface area contributed by atoms with Crippen molar-refractivity contribution in [2.75, 3.05) is 19.7 Å². The fraction of sp³-hybridized carbons (Fsp3) is 0.571. The molecular formula is C14H20N2O4. The molecule has 1 aromatic rings. The fourth-order valence-corrected chi connectivity index (χ4v) is 2.50. The molecule has 1 amide bonds. The third-order valence-corrected chi connectivity index (χ3v) is 3.55. The highest BCUT2D eigenvalue weighted by atomic mass is 16.5. The zero-order chi connectivity index (χ0) is 14.5. The maximum atomic E-state index is 12.2. The number of hydrogen-bond donors (Lipinski definition) is 1. The third-order valence-electron chi connectivity index (χ3n) is 3.55. The molecule has 0 radical (unpaired) electrons. The van der Waals surface area contributed by atoms with Crippen LogP contribution in [0.3, 0.4) is 0 Å². The average molecular weight is 280 g/mol. The van der Waals surface area contributed by atoms with E-state index in [0.717, 1.165) is 12.8 Å². The Morgan fingerprint density at radius 3 is 2.70 bits per heavy atom. The largest absolute Gasteiger partial charge is 0.477 e. The van der Waals surface area contributed by atoms with Crippen molar-refractivity contribution in [1.29, 1.82) is 0 Å². The number of hydrogen-bond acceptors (Lipinski definition) is 3. The summed E-state index contributed by atoms with van der Waals surface area (Å²) in [5.74, 6) is -1.06. The molecular weight excluding hydrogens is 260 g/mol. The molecule has 110 valence electrons. The van der Waals surface area contributed by atoms with Crippen LogP contribution in [0.25, 0.3) is 0 Å². The second-order valence-corrected chi connectivity index (χ2v) is 4.86. The van der Waals surface area contributed by atoms with Crippen LogP contribution in [-0.2, 0) is 16.1 Å². The molecule has 1 aromatic heterocycles. The Morgan fingerprint density at radius 2 is 2.10 bits per heavy atom. The maximum Gasteiger partial charge on any atom is 0.352 e. The number of carbonyl (C=O) groups is 2. The van der Waals surface area contributed by atoms with Gasteiger partial charge in [-0.3, -0.25) is 4.79 Å². The minimum absolute atomic E-state index is 0.0429. The number of ether oxygens (including phenoxy) is 1. The van der Waals surface area contributed by atoms with Crippen LogP contribution >= 0.6 is 0 Å². The summed E-state index contributed by atoms with van der Waals surface area (Å²) >= 11 is 0. The number of carboxylic acids is 1. The molecule has 2 heterocycles. The predicted molar refractivity (Wildman–Crippen MR) is 72.6 cm³/mol. The highest BCUT2D eigenvalue weighted by Gasteiger charge is 2.23. The van der Waals surface area contributed by atoms with E-state index < -0.39 is 5.97 Å². The van der Waals surface area contributed by atoms with Gasteiger partial charge in [-0.1, -0.05) is 0 Å². The third kappa shape index (κ3) is 3.39. The van der Waals surface area contributed by atoms with Gasteiger partial charge in [0.2, 0.25) is 5.91 Å². The molecule has 1 aliphatic heterocycles. The number of piperidine rings is 1. The van der Waals surface area contributed by atoms with E-state index in [1.807, 2.05) is 6.92 Å². The second-order valence-electron chi connectivity index (χ2n) is 4.86. The van der Waals surface area contributed by atoms with E-state index in [2.05, 4.69) is 0 Å². The Labute approximate surface area is 117 Å². The van der Waals surface area contributed by atoms with Crippen molar-refractivity contribution in [3.63, 3.8) is 0 Å². The molecule has 1 saturated heterocycles. The summed E-state index contributed by atoms with van der Waals surface area (Å²) in [7, 11) is 0. The highest BCUT2D eigenvalue weighted by molar-refractivity contribution is 5.86. The molecule has 0 bridgehead atoms. The van der Waals surface area contributed by atoms with Crippen LogP contribution in [0.5, 0.6) is 0 Å². The maximum absolute atomic E-state index is 12.2. The Morgan fingerprint density at radius 1 is 1.40 bits per heavy atom. The van der Waals surface area contributed by atoms with Crippen LogP contribution in [0.4, 0.5) is 0 Å². The number of aromatic nitrogens is 1. The standard InChI is InChI=1S/C14H20N2O4/c1-2-20-11-5-8-15(9-6-11)13(17)10-16-7-3-4-12(16)14(18)19/h3-4,7,11H,2,5-6,8-10H2,1H3,(H,18,19). The lowest BCUT2D eigenvalue weighted by molar-refractivity contribution is -0.134. The van der Waals surface area contributed by atoms with Crippen LogP contribution in [0, 0.1) is 0 Å². The van der Waals surface area contributed by atoms with E-state index in [1.165, 1.54) is 10.6 Å². The molecule has 0 aliphatic carbocycles. The minimum atomic E-state index is -1.02. The summed E-state index contributed by atoms with van der Waals surface area (Å²) in [4.78, 5) is 24.9. The van der Waals surface area contributed by atoms with Gasteiger partial charge >= 0.3 is 5.97 Å². The van der Waals surface area contributed by atoms with Crippen molar-refractivity contribution >= 4 is 11.9 Å². The first kappa shape index (κ1) is 14.6. The van der Waals surface area contributed by atoms with Gasteiger partial charge in [-0.2, -0.15) is 0 Å². The number of amides is 1. The Kier molecular flexibility index (Phi) is 4.79. The zero-order valence-corrected chi connectivity index (χ0v) is 11.6. The number of aromatic carboxylic acids is 1. The summed E-state index contributed by atoms with van der Waals surface area (Å²) in [5.41, 5.74) is 0.141. The Hall–Kier alpha value is -1.82. The lowest BCUT2D eigenvalue weighted by Gasteiger charge is -2.32. The van der Waals surface area contributed by atoms with Gasteiger partial charge in [0.15, 0.2) is 0 Å². The van der Waals surface area contributed by atoms with Gasteiger partial charge in [0.1, 0.15) is 12.2 Å². The molecule has 6 heteroatoms. The van der Waals surface area contributed by atoms with Gasteiger partial charge in [-0.15, -0.1) is 0 Å². The van der Waals surface area contributed by atoms with E-state index in [9.17, 15) is 9.59 Å². The molecule has 0 saturated carbocycles. The molecule has 0 atom stereocenters. The van der Waals surface area contributed by atoms with Gasteiger partial charge in [0.25, 0.3) is 0 Å². The highest BCUT2D eigenvalue weighted by Crippen LogP contribution is 2.14. The SMILES string of the molecule is CCOC1CCN(C(=O)Cn2cccc2C(=O)O)CC1. The topological polar surface area (TPSA) is 71.8 Å². The molecule has 0 spiro atoms. The Balaban J connectivity index is 1.90. The summed E-state index contributed by atoms with van der Waals surface area (Å²) in [5, 5.41) is 9.01. The second kappa shape index (κ2) is 6.56. The Bertz CT molecular complexity index is 475. The first-order chi connectivity index (χ1) is 9.61. The van der Waals surface area contributed by atoms with Crippen molar-refractivity contribution in [3.05, 3.63) is 24.0 Å². The van der Waals surface area contributed by atoms with E-state index in [4.69, 9.17) is 9.84 Å². The van der Waals surface area contributed by atoms with Gasteiger partial charge in [-0.25, -0.2) is 4.79 Å². The van der Waals surface area contributed by atoms with Crippen molar-refractivity contribution in [2.24, 2.45) is 0 Å². The minimum Gasteiger partial charge on any atom is -0.477 e. The lowest BCUT2D eigenvalue weighted by atomic mass is 10.1. The normalized spacial score (nSPS) is 16.4. The number of likely N-dealkylation sites (tertiary alicyclic amines) is 1. The van der Waals surface area contributed by atoms with Gasteiger partial charge < -0.3 is 19.3 Å². The quantitative estimate of drug-likeness (QED) is 0.880. The fourth-order valence-electron chi connectivity index (χ4n) is 2.50.